The summed E-state index contributed by atoms with van der Waals surface area (Å²) in [5.41, 5.74) is 1.27. The van der Waals surface area contributed by atoms with E-state index in [0.717, 1.165) is 5.22 Å². The molecule has 0 atom stereocenters. The maximum absolute atomic E-state index is 3.95. The molecule has 0 nitrogen and oxygen atoms in total. The van der Waals surface area contributed by atoms with E-state index in [9.17, 15) is 0 Å². The topological polar surface area (TPSA) is 0 Å². The van der Waals surface area contributed by atoms with Crippen molar-refractivity contribution in [3.05, 3.63) is 46.4 Å². The Morgan fingerprint density at radius 2 is 2.00 bits per heavy atom. The first-order valence-corrected chi connectivity index (χ1v) is 4.12. The minimum absolute atomic E-state index is 1.08. The third-order valence-electron chi connectivity index (χ3n) is 1.89. The second-order valence-corrected chi connectivity index (χ2v) is 2.88. The first-order chi connectivity index (χ1) is 5.74. The molecule has 0 saturated heterocycles. The van der Waals surface area contributed by atoms with Gasteiger partial charge in [0.15, 0.2) is 0 Å². The summed E-state index contributed by atoms with van der Waals surface area (Å²) in [5, 5.41) is 2.28. The Morgan fingerprint density at radius 1 is 1.33 bits per heavy atom. The van der Waals surface area contributed by atoms with Gasteiger partial charge in [-0.15, -0.1) is 0 Å². The van der Waals surface area contributed by atoms with Crippen molar-refractivity contribution in [1.29, 1.82) is 0 Å². The third kappa shape index (κ3) is 2.09. The van der Waals surface area contributed by atoms with E-state index in [1.165, 1.54) is 10.8 Å². The molecule has 1 aromatic carbocycles. The molecule has 0 heteroatoms. The van der Waals surface area contributed by atoms with Crippen LogP contribution in [0.2, 0.25) is 0 Å². The molecule has 0 aliphatic rings. The van der Waals surface area contributed by atoms with Gasteiger partial charge in [0.05, 0.1) is 0 Å². The standard InChI is InChI=1S/C12H14/c1-4-10(2)9-12-8-6-5-7-11(12)3/h4-9H,3H2,1-2H3. The van der Waals surface area contributed by atoms with Crippen LogP contribution >= 0.6 is 0 Å². The second kappa shape index (κ2) is 3.91. The Kier molecular flexibility index (Phi) is 2.87. The summed E-state index contributed by atoms with van der Waals surface area (Å²) < 4.78 is 0. The van der Waals surface area contributed by atoms with E-state index < -0.39 is 0 Å². The van der Waals surface area contributed by atoms with Gasteiger partial charge in [-0.3, -0.25) is 0 Å². The highest BCUT2D eigenvalue weighted by Gasteiger charge is 1.81. The third-order valence-corrected chi connectivity index (χ3v) is 1.89. The van der Waals surface area contributed by atoms with Crippen LogP contribution in [0.1, 0.15) is 13.8 Å². The summed E-state index contributed by atoms with van der Waals surface area (Å²) in [6, 6.07) is 8.14. The Bertz CT molecular complexity index is 383. The van der Waals surface area contributed by atoms with Crippen LogP contribution in [0.3, 0.4) is 0 Å². The lowest BCUT2D eigenvalue weighted by molar-refractivity contribution is 1.47. The molecular weight excluding hydrogens is 144 g/mol. The summed E-state index contributed by atoms with van der Waals surface area (Å²) in [6.07, 6.45) is 4.23. The predicted molar refractivity (Wildman–Crippen MR) is 55.1 cm³/mol. The van der Waals surface area contributed by atoms with Crippen molar-refractivity contribution >= 4 is 12.7 Å². The van der Waals surface area contributed by atoms with Gasteiger partial charge < -0.3 is 0 Å². The summed E-state index contributed by atoms with van der Waals surface area (Å²) in [5.74, 6) is 0. The van der Waals surface area contributed by atoms with Gasteiger partial charge in [-0.1, -0.05) is 48.6 Å². The fraction of sp³-hybridized carbons (Fsp3) is 0.167. The van der Waals surface area contributed by atoms with E-state index in [0.29, 0.717) is 0 Å². The first kappa shape index (κ1) is 8.79. The highest BCUT2D eigenvalue weighted by molar-refractivity contribution is 5.45. The molecule has 0 amide bonds. The normalized spacial score (nSPS) is 13.5. The molecule has 62 valence electrons. The van der Waals surface area contributed by atoms with Crippen LogP contribution in [-0.4, -0.2) is 0 Å². The molecule has 0 saturated carbocycles. The molecule has 0 heterocycles. The van der Waals surface area contributed by atoms with Gasteiger partial charge in [0.25, 0.3) is 0 Å². The van der Waals surface area contributed by atoms with Gasteiger partial charge in [-0.05, 0) is 24.3 Å². The molecule has 0 N–H and O–H groups in total. The molecule has 0 unspecified atom stereocenters. The van der Waals surface area contributed by atoms with Gasteiger partial charge >= 0.3 is 0 Å². The van der Waals surface area contributed by atoms with Crippen LogP contribution in [0.25, 0.3) is 12.7 Å². The maximum Gasteiger partial charge on any atom is -0.0187 e. The highest BCUT2D eigenvalue weighted by atomic mass is 13.9. The van der Waals surface area contributed by atoms with Crippen LogP contribution < -0.4 is 10.4 Å². The molecule has 0 aliphatic carbocycles. The van der Waals surface area contributed by atoms with E-state index in [-0.39, 0.29) is 0 Å². The number of hydrogen-bond acceptors (Lipinski definition) is 0. The fourth-order valence-electron chi connectivity index (χ4n) is 1.00. The van der Waals surface area contributed by atoms with Gasteiger partial charge in [0.2, 0.25) is 0 Å². The SMILES string of the molecule is C=c1ccccc1=CC(C)=CC. The van der Waals surface area contributed by atoms with Crippen LogP contribution in [-0.2, 0) is 0 Å². The van der Waals surface area contributed by atoms with Crippen molar-refractivity contribution in [3.8, 4) is 0 Å². The molecule has 0 fully saturated rings. The van der Waals surface area contributed by atoms with Gasteiger partial charge in [-0.2, -0.15) is 0 Å². The quantitative estimate of drug-likeness (QED) is 0.585. The van der Waals surface area contributed by atoms with Crippen molar-refractivity contribution in [2.75, 3.05) is 0 Å². The molecule has 0 spiro atoms. The lowest BCUT2D eigenvalue weighted by atomic mass is 10.2. The Hall–Kier alpha value is -1.30. The zero-order valence-corrected chi connectivity index (χ0v) is 7.67. The van der Waals surface area contributed by atoms with Crippen LogP contribution in [0.4, 0.5) is 0 Å². The maximum atomic E-state index is 3.95. The Balaban J connectivity index is 3.29. The number of benzene rings is 1. The van der Waals surface area contributed by atoms with Gasteiger partial charge in [0, 0.05) is 0 Å². The molecule has 0 bridgehead atoms. The zero-order chi connectivity index (χ0) is 8.97. The van der Waals surface area contributed by atoms with Crippen molar-refractivity contribution in [1.82, 2.24) is 0 Å². The van der Waals surface area contributed by atoms with E-state index in [1.807, 2.05) is 25.1 Å². The number of hydrogen-bond donors (Lipinski definition) is 0. The molecule has 1 rings (SSSR count). The monoisotopic (exact) mass is 158 g/mol. The van der Waals surface area contributed by atoms with Crippen molar-refractivity contribution < 1.29 is 0 Å². The first-order valence-electron chi connectivity index (χ1n) is 4.12. The lowest BCUT2D eigenvalue weighted by Crippen LogP contribution is -2.21. The van der Waals surface area contributed by atoms with Gasteiger partial charge in [0.1, 0.15) is 0 Å². The molecule has 0 aliphatic heterocycles. The van der Waals surface area contributed by atoms with Crippen molar-refractivity contribution in [2.24, 2.45) is 0 Å². The number of allylic oxidation sites excluding steroid dienone is 2. The lowest BCUT2D eigenvalue weighted by Gasteiger charge is -1.89. The van der Waals surface area contributed by atoms with Crippen LogP contribution in [0, 0.1) is 0 Å². The summed E-state index contributed by atoms with van der Waals surface area (Å²) in [4.78, 5) is 0. The summed E-state index contributed by atoms with van der Waals surface area (Å²) in [6.45, 7) is 8.08. The van der Waals surface area contributed by atoms with E-state index in [4.69, 9.17) is 0 Å². The van der Waals surface area contributed by atoms with Crippen LogP contribution in [0.5, 0.6) is 0 Å². The van der Waals surface area contributed by atoms with Crippen LogP contribution in [0.15, 0.2) is 35.9 Å². The summed E-state index contributed by atoms with van der Waals surface area (Å²) in [7, 11) is 0. The fourth-order valence-corrected chi connectivity index (χ4v) is 1.00. The van der Waals surface area contributed by atoms with E-state index >= 15 is 0 Å². The predicted octanol–water partition coefficient (Wildman–Crippen LogP) is 1.84. The minimum atomic E-state index is 1.08. The molecule has 12 heavy (non-hydrogen) atoms. The Labute approximate surface area is 73.6 Å². The molecule has 1 aromatic rings. The molecule has 0 aromatic heterocycles. The average Bonchev–Trinajstić information content (AvgIpc) is 2.09. The average molecular weight is 158 g/mol. The van der Waals surface area contributed by atoms with Gasteiger partial charge in [-0.25, -0.2) is 0 Å². The number of rotatable bonds is 1. The zero-order valence-electron chi connectivity index (χ0n) is 7.67. The summed E-state index contributed by atoms with van der Waals surface area (Å²) >= 11 is 0. The highest BCUT2D eigenvalue weighted by Crippen LogP contribution is 1.90. The van der Waals surface area contributed by atoms with Crippen molar-refractivity contribution in [2.45, 2.75) is 13.8 Å². The molecular formula is C12H14. The largest absolute Gasteiger partial charge is 0.0912 e. The second-order valence-electron chi connectivity index (χ2n) is 2.88. The molecule has 0 radical (unpaired) electrons. The minimum Gasteiger partial charge on any atom is -0.0912 e. The van der Waals surface area contributed by atoms with E-state index in [1.54, 1.807) is 0 Å². The van der Waals surface area contributed by atoms with Crippen molar-refractivity contribution in [3.63, 3.8) is 0 Å². The van der Waals surface area contributed by atoms with E-state index in [2.05, 4.69) is 31.7 Å². The Morgan fingerprint density at radius 3 is 2.58 bits per heavy atom. The smallest absolute Gasteiger partial charge is 0.0187 e.